The SMILES string of the molecule is CSCCCCNC(=O)c1cc(Br)ccc1Cl. The number of benzene rings is 1. The Morgan fingerprint density at radius 2 is 2.24 bits per heavy atom. The van der Waals surface area contributed by atoms with E-state index in [2.05, 4.69) is 27.5 Å². The number of thioether (sulfide) groups is 1. The summed E-state index contributed by atoms with van der Waals surface area (Å²) in [5.41, 5.74) is 0.519. The van der Waals surface area contributed by atoms with Crippen molar-refractivity contribution in [1.29, 1.82) is 0 Å². The molecule has 0 heterocycles. The van der Waals surface area contributed by atoms with Gasteiger partial charge in [0, 0.05) is 11.0 Å². The van der Waals surface area contributed by atoms with E-state index in [0.717, 1.165) is 23.1 Å². The molecule has 0 aliphatic carbocycles. The fourth-order valence-corrected chi connectivity index (χ4v) is 2.40. The zero-order chi connectivity index (χ0) is 12.7. The van der Waals surface area contributed by atoms with Crippen LogP contribution < -0.4 is 5.32 Å². The number of halogens is 2. The molecule has 0 unspecified atom stereocenters. The highest BCUT2D eigenvalue weighted by Gasteiger charge is 2.09. The summed E-state index contributed by atoms with van der Waals surface area (Å²) in [6, 6.07) is 5.27. The van der Waals surface area contributed by atoms with Crippen LogP contribution in [0.2, 0.25) is 5.02 Å². The maximum absolute atomic E-state index is 11.8. The summed E-state index contributed by atoms with van der Waals surface area (Å²) in [6.07, 6.45) is 4.20. The minimum atomic E-state index is -0.111. The van der Waals surface area contributed by atoms with E-state index >= 15 is 0 Å². The van der Waals surface area contributed by atoms with Gasteiger partial charge in [-0.3, -0.25) is 4.79 Å². The number of amides is 1. The lowest BCUT2D eigenvalue weighted by Crippen LogP contribution is -2.24. The summed E-state index contributed by atoms with van der Waals surface area (Å²) in [6.45, 7) is 0.697. The zero-order valence-corrected chi connectivity index (χ0v) is 12.8. The first kappa shape index (κ1) is 14.9. The van der Waals surface area contributed by atoms with Crippen molar-refractivity contribution >= 4 is 45.2 Å². The number of carbonyl (C=O) groups excluding carboxylic acids is 1. The summed E-state index contributed by atoms with van der Waals surface area (Å²) in [7, 11) is 0. The van der Waals surface area contributed by atoms with E-state index in [1.54, 1.807) is 12.1 Å². The highest BCUT2D eigenvalue weighted by Crippen LogP contribution is 2.20. The van der Waals surface area contributed by atoms with Crippen molar-refractivity contribution in [3.63, 3.8) is 0 Å². The molecule has 0 saturated carbocycles. The van der Waals surface area contributed by atoms with E-state index in [4.69, 9.17) is 11.6 Å². The maximum Gasteiger partial charge on any atom is 0.252 e. The molecule has 0 radical (unpaired) electrons. The van der Waals surface area contributed by atoms with Crippen molar-refractivity contribution in [1.82, 2.24) is 5.32 Å². The first-order chi connectivity index (χ1) is 8.15. The lowest BCUT2D eigenvalue weighted by Gasteiger charge is -2.06. The van der Waals surface area contributed by atoms with Crippen LogP contribution in [0.1, 0.15) is 23.2 Å². The molecule has 1 aromatic rings. The van der Waals surface area contributed by atoms with Gasteiger partial charge in [-0.05, 0) is 43.0 Å². The molecule has 2 nitrogen and oxygen atoms in total. The number of nitrogens with one attached hydrogen (secondary N) is 1. The minimum absolute atomic E-state index is 0.111. The maximum atomic E-state index is 11.8. The second-order valence-corrected chi connectivity index (χ2v) is 5.89. The third-order valence-electron chi connectivity index (χ3n) is 2.23. The fourth-order valence-electron chi connectivity index (χ4n) is 1.34. The molecule has 0 aliphatic rings. The van der Waals surface area contributed by atoms with E-state index in [1.165, 1.54) is 0 Å². The zero-order valence-electron chi connectivity index (χ0n) is 9.63. The average Bonchev–Trinajstić information content (AvgIpc) is 2.32. The first-order valence-electron chi connectivity index (χ1n) is 5.37. The Balaban J connectivity index is 2.44. The lowest BCUT2D eigenvalue weighted by atomic mass is 10.2. The van der Waals surface area contributed by atoms with Crippen LogP contribution in [-0.2, 0) is 0 Å². The monoisotopic (exact) mass is 335 g/mol. The van der Waals surface area contributed by atoms with Crippen LogP contribution in [0.4, 0.5) is 0 Å². The fraction of sp³-hybridized carbons (Fsp3) is 0.417. The molecule has 5 heteroatoms. The molecular weight excluding hydrogens is 322 g/mol. The topological polar surface area (TPSA) is 29.1 Å². The minimum Gasteiger partial charge on any atom is -0.352 e. The van der Waals surface area contributed by atoms with Gasteiger partial charge in [0.25, 0.3) is 5.91 Å². The second kappa shape index (κ2) is 8.01. The van der Waals surface area contributed by atoms with Crippen LogP contribution in [0.15, 0.2) is 22.7 Å². The summed E-state index contributed by atoms with van der Waals surface area (Å²) in [5, 5.41) is 3.35. The van der Waals surface area contributed by atoms with E-state index in [-0.39, 0.29) is 5.91 Å². The second-order valence-electron chi connectivity index (χ2n) is 3.58. The molecule has 0 atom stereocenters. The van der Waals surface area contributed by atoms with Crippen molar-refractivity contribution < 1.29 is 4.79 Å². The molecule has 17 heavy (non-hydrogen) atoms. The van der Waals surface area contributed by atoms with Crippen LogP contribution in [0.5, 0.6) is 0 Å². The van der Waals surface area contributed by atoms with Gasteiger partial charge >= 0.3 is 0 Å². The van der Waals surface area contributed by atoms with Crippen molar-refractivity contribution in [2.75, 3.05) is 18.6 Å². The molecule has 94 valence electrons. The van der Waals surface area contributed by atoms with Crippen molar-refractivity contribution in [3.05, 3.63) is 33.3 Å². The van der Waals surface area contributed by atoms with Crippen LogP contribution in [0.25, 0.3) is 0 Å². The van der Waals surface area contributed by atoms with Gasteiger partial charge in [0.15, 0.2) is 0 Å². The van der Waals surface area contributed by atoms with Gasteiger partial charge in [0.2, 0.25) is 0 Å². The Morgan fingerprint density at radius 3 is 2.94 bits per heavy atom. The van der Waals surface area contributed by atoms with Crippen LogP contribution in [0, 0.1) is 0 Å². The smallest absolute Gasteiger partial charge is 0.252 e. The Labute approximate surface area is 120 Å². The van der Waals surface area contributed by atoms with Gasteiger partial charge in [-0.15, -0.1) is 0 Å². The van der Waals surface area contributed by atoms with E-state index < -0.39 is 0 Å². The van der Waals surface area contributed by atoms with Gasteiger partial charge in [0.1, 0.15) is 0 Å². The highest BCUT2D eigenvalue weighted by molar-refractivity contribution is 9.10. The average molecular weight is 337 g/mol. The Bertz CT molecular complexity index is 387. The normalized spacial score (nSPS) is 10.3. The van der Waals surface area contributed by atoms with E-state index in [9.17, 15) is 4.79 Å². The number of carbonyl (C=O) groups is 1. The molecule has 0 spiro atoms. The van der Waals surface area contributed by atoms with Crippen LogP contribution in [-0.4, -0.2) is 24.5 Å². The summed E-state index contributed by atoms with van der Waals surface area (Å²) in [4.78, 5) is 11.8. The van der Waals surface area contributed by atoms with Gasteiger partial charge in [-0.2, -0.15) is 11.8 Å². The molecule has 1 N–H and O–H groups in total. The number of hydrogen-bond donors (Lipinski definition) is 1. The molecule has 0 aliphatic heterocycles. The highest BCUT2D eigenvalue weighted by atomic mass is 79.9. The third-order valence-corrected chi connectivity index (χ3v) is 3.75. The molecule has 1 rings (SSSR count). The molecule has 1 amide bonds. The van der Waals surface area contributed by atoms with Crippen molar-refractivity contribution in [2.24, 2.45) is 0 Å². The van der Waals surface area contributed by atoms with E-state index in [0.29, 0.717) is 17.1 Å². The standard InChI is InChI=1S/C12H15BrClNOS/c1-17-7-3-2-6-15-12(16)10-8-9(13)4-5-11(10)14/h4-5,8H,2-3,6-7H2,1H3,(H,15,16). The van der Waals surface area contributed by atoms with Crippen molar-refractivity contribution in [3.8, 4) is 0 Å². The van der Waals surface area contributed by atoms with Gasteiger partial charge in [-0.1, -0.05) is 27.5 Å². The predicted octanol–water partition coefficient (Wildman–Crippen LogP) is 3.98. The van der Waals surface area contributed by atoms with E-state index in [1.807, 2.05) is 17.8 Å². The molecule has 1 aromatic carbocycles. The quantitative estimate of drug-likeness (QED) is 0.796. The van der Waals surface area contributed by atoms with Gasteiger partial charge in [-0.25, -0.2) is 0 Å². The van der Waals surface area contributed by atoms with Crippen LogP contribution >= 0.6 is 39.3 Å². The number of hydrogen-bond acceptors (Lipinski definition) is 2. The van der Waals surface area contributed by atoms with Gasteiger partial charge in [0.05, 0.1) is 10.6 Å². The summed E-state index contributed by atoms with van der Waals surface area (Å²) in [5.74, 6) is 1.02. The summed E-state index contributed by atoms with van der Waals surface area (Å²) < 4.78 is 0.856. The number of unbranched alkanes of at least 4 members (excludes halogenated alkanes) is 1. The number of rotatable bonds is 6. The van der Waals surface area contributed by atoms with Gasteiger partial charge < -0.3 is 5.32 Å². The predicted molar refractivity (Wildman–Crippen MR) is 79.1 cm³/mol. The Kier molecular flexibility index (Phi) is 7.00. The largest absolute Gasteiger partial charge is 0.352 e. The molecule has 0 fully saturated rings. The summed E-state index contributed by atoms with van der Waals surface area (Å²) >= 11 is 11.1. The molecule has 0 bridgehead atoms. The lowest BCUT2D eigenvalue weighted by molar-refractivity contribution is 0.0953. The molecular formula is C12H15BrClNOS. The van der Waals surface area contributed by atoms with Crippen LogP contribution in [0.3, 0.4) is 0 Å². The third kappa shape index (κ3) is 5.32. The van der Waals surface area contributed by atoms with Crippen molar-refractivity contribution in [2.45, 2.75) is 12.8 Å². The molecule has 0 saturated heterocycles. The first-order valence-corrected chi connectivity index (χ1v) is 7.94. The Hall–Kier alpha value is -0.190. The Morgan fingerprint density at radius 1 is 1.47 bits per heavy atom. The molecule has 0 aromatic heterocycles.